The molecule has 2 amide bonds. The fourth-order valence-electron chi connectivity index (χ4n) is 5.48. The molecule has 9 heteroatoms. The van der Waals surface area contributed by atoms with Gasteiger partial charge < -0.3 is 20.5 Å². The van der Waals surface area contributed by atoms with Gasteiger partial charge in [0.1, 0.15) is 5.78 Å². The number of benzene rings is 3. The van der Waals surface area contributed by atoms with E-state index in [-0.39, 0.29) is 23.7 Å². The van der Waals surface area contributed by atoms with Gasteiger partial charge in [0.2, 0.25) is 11.5 Å². The van der Waals surface area contributed by atoms with Crippen molar-refractivity contribution in [3.8, 4) is 0 Å². The van der Waals surface area contributed by atoms with Gasteiger partial charge in [0, 0.05) is 53.7 Å². The number of para-hydroxylation sites is 2. The Kier molecular flexibility index (Phi) is 10.2. The van der Waals surface area contributed by atoms with E-state index < -0.39 is 17.3 Å². The summed E-state index contributed by atoms with van der Waals surface area (Å²) in [4.78, 5) is 60.4. The van der Waals surface area contributed by atoms with Crippen molar-refractivity contribution in [2.24, 2.45) is 0 Å². The number of fused-ring (bicyclic) bond motifs is 2. The van der Waals surface area contributed by atoms with Gasteiger partial charge in [-0.15, -0.1) is 0 Å². The fourth-order valence-corrected chi connectivity index (χ4v) is 5.48. The van der Waals surface area contributed by atoms with Crippen LogP contribution in [0.1, 0.15) is 56.6 Å². The Morgan fingerprint density at radius 1 is 0.696 bits per heavy atom. The Bertz CT molecular complexity index is 1780. The summed E-state index contributed by atoms with van der Waals surface area (Å²) in [5.41, 5.74) is 0.00481. The molecule has 46 heavy (non-hydrogen) atoms. The van der Waals surface area contributed by atoms with Crippen LogP contribution in [0.3, 0.4) is 0 Å². The molecular weight excluding hydrogens is 580 g/mol. The van der Waals surface area contributed by atoms with Crippen molar-refractivity contribution in [1.82, 2.24) is 9.97 Å². The van der Waals surface area contributed by atoms with Crippen molar-refractivity contribution < 1.29 is 24.3 Å². The van der Waals surface area contributed by atoms with E-state index in [1.807, 2.05) is 24.3 Å². The molecule has 0 aliphatic heterocycles. The van der Waals surface area contributed by atoms with Crippen LogP contribution in [-0.4, -0.2) is 38.5 Å². The number of nitrogens with zero attached hydrogens (tertiary/aromatic N) is 2. The molecule has 0 saturated heterocycles. The van der Waals surface area contributed by atoms with Crippen LogP contribution in [0, 0.1) is 0 Å². The topological polar surface area (TPSA) is 138 Å². The number of aromatic nitrogens is 2. The second-order valence-electron chi connectivity index (χ2n) is 11.4. The number of aliphatic hydroxyl groups is 1. The molecule has 0 spiro atoms. The number of pyridine rings is 2. The Labute approximate surface area is 267 Å². The van der Waals surface area contributed by atoms with Gasteiger partial charge in [0.25, 0.3) is 5.91 Å². The van der Waals surface area contributed by atoms with Gasteiger partial charge in [-0.25, -0.2) is 0 Å². The number of Topliss-reactive ketones (excluding diaryl/α,β-unsaturated/α-hetero) is 2. The van der Waals surface area contributed by atoms with E-state index in [0.29, 0.717) is 47.2 Å². The highest BCUT2D eigenvalue weighted by Crippen LogP contribution is 2.30. The zero-order chi connectivity index (χ0) is 32.5. The van der Waals surface area contributed by atoms with Crippen LogP contribution in [0.15, 0.2) is 97.3 Å². The maximum Gasteiger partial charge on any atom is 0.269 e. The number of rotatable bonds is 14. The molecule has 0 bridgehead atoms. The lowest BCUT2D eigenvalue weighted by Gasteiger charge is -2.27. The lowest BCUT2D eigenvalue weighted by Crippen LogP contribution is -2.48. The summed E-state index contributed by atoms with van der Waals surface area (Å²) in [5.74, 6) is -1.66. The third-order valence-electron chi connectivity index (χ3n) is 7.95. The van der Waals surface area contributed by atoms with Crippen molar-refractivity contribution in [2.75, 3.05) is 10.6 Å². The van der Waals surface area contributed by atoms with Crippen molar-refractivity contribution >= 4 is 56.6 Å². The number of nitrogens with one attached hydrogen (secondary N) is 2. The lowest BCUT2D eigenvalue weighted by molar-refractivity contribution is -0.149. The zero-order valence-corrected chi connectivity index (χ0v) is 25.7. The van der Waals surface area contributed by atoms with Crippen LogP contribution in [0.4, 0.5) is 11.4 Å². The van der Waals surface area contributed by atoms with Crippen LogP contribution >= 0.6 is 0 Å². The summed E-state index contributed by atoms with van der Waals surface area (Å²) in [6, 6.07) is 24.1. The molecule has 0 fully saturated rings. The summed E-state index contributed by atoms with van der Waals surface area (Å²) in [5, 5.41) is 19.3. The first-order valence-corrected chi connectivity index (χ1v) is 15.4. The molecule has 1 unspecified atom stereocenters. The Morgan fingerprint density at radius 3 is 2.00 bits per heavy atom. The predicted octanol–water partition coefficient (Wildman–Crippen LogP) is 6.29. The summed E-state index contributed by atoms with van der Waals surface area (Å²) in [6.07, 6.45) is 7.12. The molecule has 5 aromatic rings. The first kappa shape index (κ1) is 32.1. The quantitative estimate of drug-likeness (QED) is 0.0985. The second kappa shape index (κ2) is 14.7. The molecule has 3 N–H and O–H groups in total. The second-order valence-corrected chi connectivity index (χ2v) is 11.4. The molecule has 5 rings (SSSR count). The normalized spacial score (nSPS) is 12.4. The maximum atomic E-state index is 14.0. The predicted molar refractivity (Wildman–Crippen MR) is 178 cm³/mol. The molecule has 234 valence electrons. The van der Waals surface area contributed by atoms with Crippen molar-refractivity contribution in [1.29, 1.82) is 0 Å². The molecule has 0 aliphatic rings. The van der Waals surface area contributed by atoms with Crippen LogP contribution in [0.2, 0.25) is 0 Å². The summed E-state index contributed by atoms with van der Waals surface area (Å²) in [6.45, 7) is 1.58. The molecule has 3 aromatic carbocycles. The highest BCUT2D eigenvalue weighted by molar-refractivity contribution is 6.17. The van der Waals surface area contributed by atoms with Crippen LogP contribution in [0.25, 0.3) is 21.8 Å². The largest absolute Gasteiger partial charge is 0.370 e. The van der Waals surface area contributed by atoms with E-state index in [1.54, 1.807) is 67.8 Å². The molecule has 1 atom stereocenters. The van der Waals surface area contributed by atoms with Crippen LogP contribution < -0.4 is 10.6 Å². The van der Waals surface area contributed by atoms with E-state index in [2.05, 4.69) is 20.6 Å². The standard InChI is InChI=1S/C37H36N4O5/c1-25(42)10-4-2-3-5-17-33(44)40-30-20-18-29(19-21-30)37(46,32(43)24-28-13-6-11-26-14-8-22-38-34(26)28)36(45)41-31-16-7-12-27-15-9-23-39-35(27)31/h6-9,11-16,18-23,46H,2-5,10,17,24H2,1H3,(H,40,44)(H,41,45). The Morgan fingerprint density at radius 2 is 1.30 bits per heavy atom. The minimum Gasteiger partial charge on any atom is -0.370 e. The number of carbonyl (C=O) groups is 4. The summed E-state index contributed by atoms with van der Waals surface area (Å²) in [7, 11) is 0. The van der Waals surface area contributed by atoms with Gasteiger partial charge >= 0.3 is 0 Å². The lowest BCUT2D eigenvalue weighted by atomic mass is 9.84. The van der Waals surface area contributed by atoms with Gasteiger partial charge in [-0.3, -0.25) is 24.4 Å². The monoisotopic (exact) mass is 616 g/mol. The van der Waals surface area contributed by atoms with E-state index in [1.165, 1.54) is 12.1 Å². The Hall–Kier alpha value is -5.28. The molecular formula is C37H36N4O5. The molecule has 9 nitrogen and oxygen atoms in total. The average molecular weight is 617 g/mol. The zero-order valence-electron chi connectivity index (χ0n) is 25.7. The van der Waals surface area contributed by atoms with Crippen LogP contribution in [-0.2, 0) is 31.2 Å². The minimum absolute atomic E-state index is 0.0554. The van der Waals surface area contributed by atoms with Gasteiger partial charge in [0.05, 0.1) is 16.7 Å². The first-order valence-electron chi connectivity index (χ1n) is 15.4. The molecule has 0 saturated carbocycles. The number of unbranched alkanes of at least 4 members (excludes halogenated alkanes) is 3. The highest BCUT2D eigenvalue weighted by atomic mass is 16.3. The molecule has 2 heterocycles. The van der Waals surface area contributed by atoms with Gasteiger partial charge in [-0.2, -0.15) is 0 Å². The molecule has 0 radical (unpaired) electrons. The van der Waals surface area contributed by atoms with Gasteiger partial charge in [-0.05, 0) is 55.7 Å². The van der Waals surface area contributed by atoms with Crippen LogP contribution in [0.5, 0.6) is 0 Å². The van der Waals surface area contributed by atoms with Gasteiger partial charge in [0.15, 0.2) is 5.78 Å². The number of ketones is 2. The number of carbonyl (C=O) groups excluding carboxylic acids is 4. The van der Waals surface area contributed by atoms with E-state index in [4.69, 9.17) is 0 Å². The molecule has 0 aliphatic carbocycles. The molecule has 2 aromatic heterocycles. The highest BCUT2D eigenvalue weighted by Gasteiger charge is 2.45. The average Bonchev–Trinajstić information content (AvgIpc) is 3.06. The number of hydrogen-bond acceptors (Lipinski definition) is 7. The van der Waals surface area contributed by atoms with E-state index in [0.717, 1.165) is 30.0 Å². The van der Waals surface area contributed by atoms with E-state index in [9.17, 15) is 24.3 Å². The number of anilines is 2. The van der Waals surface area contributed by atoms with Gasteiger partial charge in [-0.1, -0.05) is 67.4 Å². The maximum absolute atomic E-state index is 14.0. The minimum atomic E-state index is -2.57. The first-order chi connectivity index (χ1) is 22.3. The summed E-state index contributed by atoms with van der Waals surface area (Å²) < 4.78 is 0. The number of hydrogen-bond donors (Lipinski definition) is 3. The smallest absolute Gasteiger partial charge is 0.269 e. The fraction of sp³-hybridized carbons (Fsp3) is 0.243. The van der Waals surface area contributed by atoms with Crippen molar-refractivity contribution in [3.05, 3.63) is 108 Å². The summed E-state index contributed by atoms with van der Waals surface area (Å²) >= 11 is 0. The van der Waals surface area contributed by atoms with Crippen molar-refractivity contribution in [2.45, 2.75) is 57.5 Å². The third-order valence-corrected chi connectivity index (χ3v) is 7.95. The third kappa shape index (κ3) is 7.50. The van der Waals surface area contributed by atoms with Crippen molar-refractivity contribution in [3.63, 3.8) is 0 Å². The van der Waals surface area contributed by atoms with E-state index >= 15 is 0 Å². The number of amides is 2. The SMILES string of the molecule is CC(=O)CCCCCCC(=O)Nc1ccc(C(O)(C(=O)Cc2cccc3cccnc23)C(=O)Nc2cccc3cccnc23)cc1. The Balaban J connectivity index is 1.37.